The van der Waals surface area contributed by atoms with Crippen molar-refractivity contribution in [2.45, 2.75) is 6.92 Å². The van der Waals surface area contributed by atoms with E-state index in [0.29, 0.717) is 6.54 Å². The van der Waals surface area contributed by atoms with Gasteiger partial charge < -0.3 is 5.73 Å². The first-order valence-electron chi connectivity index (χ1n) is 3.06. The minimum atomic E-state index is 0.504. The van der Waals surface area contributed by atoms with Gasteiger partial charge in [0.15, 0.2) is 0 Å². The first-order chi connectivity index (χ1) is 4.70. The lowest BCUT2D eigenvalue weighted by molar-refractivity contribution is 1.19. The minimum absolute atomic E-state index is 0.504. The van der Waals surface area contributed by atoms with E-state index in [1.54, 1.807) is 12.2 Å². The molecule has 56 valence electrons. The van der Waals surface area contributed by atoms with Gasteiger partial charge in [0.05, 0.1) is 0 Å². The van der Waals surface area contributed by atoms with Crippen molar-refractivity contribution in [3.63, 3.8) is 0 Å². The van der Waals surface area contributed by atoms with Gasteiger partial charge in [-0.2, -0.15) is 0 Å². The third-order valence-electron chi connectivity index (χ3n) is 1.02. The maximum Gasteiger partial charge on any atom is 0.0177 e. The molecule has 0 bridgehead atoms. The quantitative estimate of drug-likeness (QED) is 0.625. The summed E-state index contributed by atoms with van der Waals surface area (Å²) in [4.78, 5) is 0. The summed E-state index contributed by atoms with van der Waals surface area (Å²) in [5.41, 5.74) is 6.34. The number of halogens is 1. The zero-order valence-corrected chi connectivity index (χ0v) is 6.86. The fourth-order valence-corrected chi connectivity index (χ4v) is 0.504. The van der Waals surface area contributed by atoms with Gasteiger partial charge in [-0.05, 0) is 18.6 Å². The Morgan fingerprint density at radius 1 is 1.60 bits per heavy atom. The van der Waals surface area contributed by atoms with Gasteiger partial charge in [0.25, 0.3) is 0 Å². The van der Waals surface area contributed by atoms with E-state index in [1.807, 2.05) is 13.0 Å². The Morgan fingerprint density at radius 3 is 2.50 bits per heavy atom. The van der Waals surface area contributed by atoms with E-state index in [0.717, 1.165) is 10.6 Å². The summed E-state index contributed by atoms with van der Waals surface area (Å²) in [6.45, 7) is 5.91. The zero-order chi connectivity index (χ0) is 7.98. The predicted octanol–water partition coefficient (Wildman–Crippen LogP) is 2.20. The van der Waals surface area contributed by atoms with Gasteiger partial charge in [-0.15, -0.1) is 0 Å². The lowest BCUT2D eigenvalue weighted by Crippen LogP contribution is -1.99. The predicted molar refractivity (Wildman–Crippen MR) is 46.9 cm³/mol. The van der Waals surface area contributed by atoms with Gasteiger partial charge in [0, 0.05) is 11.6 Å². The molecule has 0 aliphatic heterocycles. The molecule has 0 aromatic carbocycles. The van der Waals surface area contributed by atoms with Crippen LogP contribution in [0, 0.1) is 0 Å². The molecule has 2 N–H and O–H groups in total. The molecule has 0 spiro atoms. The Labute approximate surface area is 66.9 Å². The monoisotopic (exact) mass is 157 g/mol. The molecule has 0 rings (SSSR count). The van der Waals surface area contributed by atoms with Gasteiger partial charge in [0.2, 0.25) is 0 Å². The molecule has 0 amide bonds. The van der Waals surface area contributed by atoms with Crippen molar-refractivity contribution < 1.29 is 0 Å². The summed E-state index contributed by atoms with van der Waals surface area (Å²) >= 11 is 5.58. The number of nitrogens with two attached hydrogens (primary N) is 1. The molecule has 0 heterocycles. The van der Waals surface area contributed by atoms with E-state index in [1.165, 1.54) is 0 Å². The molecule has 2 heteroatoms. The van der Waals surface area contributed by atoms with E-state index in [-0.39, 0.29) is 0 Å². The summed E-state index contributed by atoms with van der Waals surface area (Å²) in [6, 6.07) is 0. The molecule has 0 aliphatic carbocycles. The van der Waals surface area contributed by atoms with Gasteiger partial charge in [0.1, 0.15) is 0 Å². The highest BCUT2D eigenvalue weighted by molar-refractivity contribution is 6.29. The third kappa shape index (κ3) is 4.36. The van der Waals surface area contributed by atoms with Crippen LogP contribution in [-0.2, 0) is 0 Å². The number of hydrogen-bond acceptors (Lipinski definition) is 1. The number of hydrogen-bond donors (Lipinski definition) is 1. The van der Waals surface area contributed by atoms with E-state index in [4.69, 9.17) is 17.3 Å². The molecule has 0 saturated carbocycles. The molecule has 0 aromatic heterocycles. The number of rotatable bonds is 3. The largest absolute Gasteiger partial charge is 0.326 e. The molecule has 10 heavy (non-hydrogen) atoms. The van der Waals surface area contributed by atoms with Crippen molar-refractivity contribution in [1.82, 2.24) is 0 Å². The molecule has 0 fully saturated rings. The van der Waals surface area contributed by atoms with Crippen molar-refractivity contribution in [3.8, 4) is 0 Å². The fourth-order valence-electron chi connectivity index (χ4n) is 0.441. The number of allylic oxidation sites excluding steroid dienone is 3. The molecule has 0 atom stereocenters. The maximum atomic E-state index is 5.58. The van der Waals surface area contributed by atoms with Crippen LogP contribution >= 0.6 is 11.6 Å². The van der Waals surface area contributed by atoms with E-state index in [9.17, 15) is 0 Å². The lowest BCUT2D eigenvalue weighted by atomic mass is 10.2. The SMILES string of the molecule is C=C/C(=C\C=C(/C)Cl)CN. The normalized spacial score (nSPS) is 13.5. The zero-order valence-electron chi connectivity index (χ0n) is 6.10. The average molecular weight is 158 g/mol. The first-order valence-corrected chi connectivity index (χ1v) is 3.44. The van der Waals surface area contributed by atoms with Crippen LogP contribution in [0.25, 0.3) is 0 Å². The molecule has 0 aromatic rings. The summed E-state index contributed by atoms with van der Waals surface area (Å²) < 4.78 is 0. The van der Waals surface area contributed by atoms with E-state index < -0.39 is 0 Å². The van der Waals surface area contributed by atoms with Crippen molar-refractivity contribution >= 4 is 11.6 Å². The van der Waals surface area contributed by atoms with E-state index in [2.05, 4.69) is 6.58 Å². The topological polar surface area (TPSA) is 26.0 Å². The van der Waals surface area contributed by atoms with E-state index >= 15 is 0 Å². The molecule has 0 saturated heterocycles. The summed E-state index contributed by atoms with van der Waals surface area (Å²) in [5, 5.41) is 0.743. The van der Waals surface area contributed by atoms with Crippen LogP contribution in [0.15, 0.2) is 35.4 Å². The second kappa shape index (κ2) is 5.27. The highest BCUT2D eigenvalue weighted by Crippen LogP contribution is 2.00. The van der Waals surface area contributed by atoms with Gasteiger partial charge in [-0.3, -0.25) is 0 Å². The van der Waals surface area contributed by atoms with Crippen LogP contribution in [0.3, 0.4) is 0 Å². The second-order valence-electron chi connectivity index (χ2n) is 1.90. The molecule has 0 unspecified atom stereocenters. The highest BCUT2D eigenvalue weighted by atomic mass is 35.5. The Hall–Kier alpha value is -0.530. The summed E-state index contributed by atoms with van der Waals surface area (Å²) in [7, 11) is 0. The minimum Gasteiger partial charge on any atom is -0.326 e. The van der Waals surface area contributed by atoms with Crippen LogP contribution in [-0.4, -0.2) is 6.54 Å². The molecule has 0 radical (unpaired) electrons. The van der Waals surface area contributed by atoms with Crippen molar-refractivity contribution in [1.29, 1.82) is 0 Å². The van der Waals surface area contributed by atoms with Gasteiger partial charge in [-0.1, -0.05) is 30.3 Å². The maximum absolute atomic E-state index is 5.58. The Morgan fingerprint density at radius 2 is 2.20 bits per heavy atom. The first kappa shape index (κ1) is 9.47. The molecular weight excluding hydrogens is 146 g/mol. The average Bonchev–Trinajstić information content (AvgIpc) is 1.90. The summed E-state index contributed by atoms with van der Waals surface area (Å²) in [6.07, 6.45) is 5.37. The fraction of sp³-hybridized carbons (Fsp3) is 0.250. The Kier molecular flexibility index (Phi) is 4.99. The molecule has 1 nitrogen and oxygen atoms in total. The Balaban J connectivity index is 4.12. The van der Waals surface area contributed by atoms with Gasteiger partial charge in [-0.25, -0.2) is 0 Å². The van der Waals surface area contributed by atoms with Gasteiger partial charge >= 0.3 is 0 Å². The van der Waals surface area contributed by atoms with Crippen molar-refractivity contribution in [2.24, 2.45) is 5.73 Å². The van der Waals surface area contributed by atoms with Crippen LogP contribution < -0.4 is 5.73 Å². The van der Waals surface area contributed by atoms with Crippen LogP contribution in [0.1, 0.15) is 6.92 Å². The third-order valence-corrected chi connectivity index (χ3v) is 1.15. The Bertz CT molecular complexity index is 164. The smallest absolute Gasteiger partial charge is 0.0177 e. The van der Waals surface area contributed by atoms with Crippen molar-refractivity contribution in [3.05, 3.63) is 35.4 Å². The van der Waals surface area contributed by atoms with Crippen molar-refractivity contribution in [2.75, 3.05) is 6.54 Å². The lowest BCUT2D eigenvalue weighted by Gasteiger charge is -1.91. The standard InChI is InChI=1S/C8H12ClN/c1-3-8(6-10)5-4-7(2)9/h3-5H,1,6,10H2,2H3/b7-4+,8-5+. The van der Waals surface area contributed by atoms with Crippen LogP contribution in [0.5, 0.6) is 0 Å². The summed E-state index contributed by atoms with van der Waals surface area (Å²) in [5.74, 6) is 0. The molecule has 0 aliphatic rings. The molecular formula is C8H12ClN. The van der Waals surface area contributed by atoms with Crippen LogP contribution in [0.2, 0.25) is 0 Å². The highest BCUT2D eigenvalue weighted by Gasteiger charge is 1.82. The van der Waals surface area contributed by atoms with Crippen LogP contribution in [0.4, 0.5) is 0 Å². The second-order valence-corrected chi connectivity index (χ2v) is 2.50.